The molecule has 38 heavy (non-hydrogen) atoms. The molecule has 2 aromatic heterocycles. The van der Waals surface area contributed by atoms with Crippen molar-refractivity contribution in [3.63, 3.8) is 0 Å². The number of benzene rings is 1. The van der Waals surface area contributed by atoms with Gasteiger partial charge in [0.25, 0.3) is 5.91 Å². The van der Waals surface area contributed by atoms with E-state index in [1.807, 2.05) is 35.2 Å². The maximum atomic E-state index is 13.6. The zero-order chi connectivity index (χ0) is 26.8. The average molecular weight is 536 g/mol. The van der Waals surface area contributed by atoms with Crippen molar-refractivity contribution in [1.29, 1.82) is 5.26 Å². The maximum absolute atomic E-state index is 13.6. The fourth-order valence-electron chi connectivity index (χ4n) is 5.24. The molecular weight excluding hydrogens is 505 g/mol. The topological polar surface area (TPSA) is 71.6 Å². The van der Waals surface area contributed by atoms with Crippen LogP contribution < -0.4 is 9.80 Å². The number of pyridine rings is 1. The van der Waals surface area contributed by atoms with Gasteiger partial charge in [-0.3, -0.25) is 9.69 Å². The number of nitrogens with zero attached hydrogens (tertiary/aromatic N) is 7. The summed E-state index contributed by atoms with van der Waals surface area (Å²) in [7, 11) is 1.78. The predicted octanol–water partition coefficient (Wildman–Crippen LogP) is 3.68. The largest absolute Gasteiger partial charge is 0.368 e. The average Bonchev–Trinajstić information content (AvgIpc) is 3.25. The van der Waals surface area contributed by atoms with Crippen molar-refractivity contribution in [2.75, 3.05) is 62.2 Å². The number of aromatic nitrogens is 2. The van der Waals surface area contributed by atoms with Crippen LogP contribution in [0.5, 0.6) is 0 Å². The highest BCUT2D eigenvalue weighted by molar-refractivity contribution is 6.33. The van der Waals surface area contributed by atoms with Gasteiger partial charge >= 0.3 is 0 Å². The van der Waals surface area contributed by atoms with E-state index >= 15 is 0 Å². The number of hydrogen-bond donors (Lipinski definition) is 0. The summed E-state index contributed by atoms with van der Waals surface area (Å²) in [6.45, 7) is 7.92. The second-order valence-electron chi connectivity index (χ2n) is 9.80. The van der Waals surface area contributed by atoms with Gasteiger partial charge in [-0.1, -0.05) is 23.7 Å². The molecule has 0 N–H and O–H groups in total. The van der Waals surface area contributed by atoms with Gasteiger partial charge < -0.3 is 19.3 Å². The SMILES string of the molecule is Cc1nc(N2CCN(C(=O)c3cc(CN4CCN(c5ccccc5Cl)CC4)c(C#N)n3C)CC2)ccc1F. The Morgan fingerprint density at radius 1 is 1.03 bits per heavy atom. The molecule has 0 saturated carbocycles. The maximum Gasteiger partial charge on any atom is 0.270 e. The van der Waals surface area contributed by atoms with Crippen LogP contribution in [0.4, 0.5) is 15.9 Å². The summed E-state index contributed by atoms with van der Waals surface area (Å²) in [5.41, 5.74) is 3.33. The third-order valence-corrected chi connectivity index (χ3v) is 7.81. The molecular formula is C28H31ClFN7O. The lowest BCUT2D eigenvalue weighted by Crippen LogP contribution is -2.49. The van der Waals surface area contributed by atoms with Gasteiger partial charge in [-0.05, 0) is 37.3 Å². The first-order valence-electron chi connectivity index (χ1n) is 12.8. The van der Waals surface area contributed by atoms with Gasteiger partial charge in [-0.2, -0.15) is 5.26 Å². The van der Waals surface area contributed by atoms with Gasteiger partial charge in [0, 0.05) is 71.5 Å². The van der Waals surface area contributed by atoms with Crippen molar-refractivity contribution in [2.45, 2.75) is 13.5 Å². The molecule has 8 nitrogen and oxygen atoms in total. The first-order chi connectivity index (χ1) is 18.4. The van der Waals surface area contributed by atoms with Gasteiger partial charge in [-0.15, -0.1) is 0 Å². The van der Waals surface area contributed by atoms with E-state index in [-0.39, 0.29) is 11.7 Å². The Morgan fingerprint density at radius 3 is 2.37 bits per heavy atom. The number of carbonyl (C=O) groups excluding carboxylic acids is 1. The molecule has 2 aliphatic rings. The van der Waals surface area contributed by atoms with Crippen LogP contribution in [0.3, 0.4) is 0 Å². The molecule has 2 aliphatic heterocycles. The number of para-hydroxylation sites is 1. The molecule has 1 amide bonds. The quantitative estimate of drug-likeness (QED) is 0.496. The van der Waals surface area contributed by atoms with Crippen molar-refractivity contribution in [2.24, 2.45) is 7.05 Å². The van der Waals surface area contributed by atoms with Crippen molar-refractivity contribution < 1.29 is 9.18 Å². The number of carbonyl (C=O) groups is 1. The minimum atomic E-state index is -0.321. The Labute approximate surface area is 227 Å². The molecule has 4 heterocycles. The first kappa shape index (κ1) is 26.0. The minimum absolute atomic E-state index is 0.0818. The van der Waals surface area contributed by atoms with E-state index in [2.05, 4.69) is 25.8 Å². The van der Waals surface area contributed by atoms with E-state index in [0.717, 1.165) is 48.3 Å². The van der Waals surface area contributed by atoms with Crippen molar-refractivity contribution in [1.82, 2.24) is 19.4 Å². The molecule has 0 spiro atoms. The van der Waals surface area contributed by atoms with Crippen LogP contribution in [-0.2, 0) is 13.6 Å². The Bertz CT molecular complexity index is 1370. The second-order valence-corrected chi connectivity index (χ2v) is 10.2. The first-order valence-corrected chi connectivity index (χ1v) is 13.2. The summed E-state index contributed by atoms with van der Waals surface area (Å²) in [5, 5.41) is 10.6. The molecule has 2 fully saturated rings. The molecule has 0 atom stereocenters. The number of anilines is 2. The number of halogens is 2. The lowest BCUT2D eigenvalue weighted by atomic mass is 10.2. The molecule has 198 valence electrons. The van der Waals surface area contributed by atoms with Crippen LogP contribution in [0, 0.1) is 24.1 Å². The Balaban J connectivity index is 1.22. The molecule has 10 heteroatoms. The van der Waals surface area contributed by atoms with Crippen molar-refractivity contribution in [3.8, 4) is 6.07 Å². The fraction of sp³-hybridized carbons (Fsp3) is 0.393. The Hall–Kier alpha value is -3.61. The van der Waals surface area contributed by atoms with Crippen LogP contribution in [0.1, 0.15) is 27.4 Å². The van der Waals surface area contributed by atoms with Crippen molar-refractivity contribution in [3.05, 3.63) is 75.9 Å². The van der Waals surface area contributed by atoms with E-state index in [1.165, 1.54) is 6.07 Å². The summed E-state index contributed by atoms with van der Waals surface area (Å²) in [6.07, 6.45) is 0. The third-order valence-electron chi connectivity index (χ3n) is 7.49. The Morgan fingerprint density at radius 2 is 1.71 bits per heavy atom. The van der Waals surface area contributed by atoms with Gasteiger partial charge in [-0.25, -0.2) is 9.37 Å². The van der Waals surface area contributed by atoms with Crippen LogP contribution in [-0.4, -0.2) is 77.6 Å². The van der Waals surface area contributed by atoms with Gasteiger partial charge in [0.2, 0.25) is 0 Å². The summed E-state index contributed by atoms with van der Waals surface area (Å²) in [5.74, 6) is 0.318. The van der Waals surface area contributed by atoms with Crippen LogP contribution in [0.25, 0.3) is 0 Å². The number of amides is 1. The molecule has 3 aromatic rings. The summed E-state index contributed by atoms with van der Waals surface area (Å²) >= 11 is 6.38. The second kappa shape index (κ2) is 11.0. The molecule has 1 aromatic carbocycles. The van der Waals surface area contributed by atoms with Crippen molar-refractivity contribution >= 4 is 29.0 Å². The summed E-state index contributed by atoms with van der Waals surface area (Å²) in [4.78, 5) is 26.3. The predicted molar refractivity (Wildman–Crippen MR) is 146 cm³/mol. The third kappa shape index (κ3) is 5.19. The lowest BCUT2D eigenvalue weighted by molar-refractivity contribution is 0.0736. The molecule has 0 bridgehead atoms. The Kier molecular flexibility index (Phi) is 7.54. The van der Waals surface area contributed by atoms with E-state index in [9.17, 15) is 14.4 Å². The zero-order valence-electron chi connectivity index (χ0n) is 21.7. The molecule has 0 radical (unpaired) electrons. The van der Waals surface area contributed by atoms with E-state index in [0.29, 0.717) is 49.8 Å². The van der Waals surface area contributed by atoms with E-state index in [1.54, 1.807) is 24.6 Å². The number of piperazine rings is 2. The molecule has 0 aliphatic carbocycles. The minimum Gasteiger partial charge on any atom is -0.368 e. The van der Waals surface area contributed by atoms with Crippen LogP contribution >= 0.6 is 11.6 Å². The number of rotatable bonds is 5. The highest BCUT2D eigenvalue weighted by atomic mass is 35.5. The van der Waals surface area contributed by atoms with Crippen LogP contribution in [0.15, 0.2) is 42.5 Å². The molecule has 5 rings (SSSR count). The molecule has 2 saturated heterocycles. The molecule has 0 unspecified atom stereocenters. The monoisotopic (exact) mass is 535 g/mol. The normalized spacial score (nSPS) is 16.6. The van der Waals surface area contributed by atoms with Gasteiger partial charge in [0.15, 0.2) is 0 Å². The zero-order valence-corrected chi connectivity index (χ0v) is 22.5. The highest BCUT2D eigenvalue weighted by Gasteiger charge is 2.28. The lowest BCUT2D eigenvalue weighted by Gasteiger charge is -2.36. The number of aryl methyl sites for hydroxylation is 1. The fourth-order valence-corrected chi connectivity index (χ4v) is 5.50. The van der Waals surface area contributed by atoms with Gasteiger partial charge in [0.05, 0.1) is 16.4 Å². The van der Waals surface area contributed by atoms with Crippen LogP contribution in [0.2, 0.25) is 5.02 Å². The number of nitriles is 1. The number of hydrogen-bond acceptors (Lipinski definition) is 6. The van der Waals surface area contributed by atoms with E-state index in [4.69, 9.17) is 11.6 Å². The highest BCUT2D eigenvalue weighted by Crippen LogP contribution is 2.27. The summed E-state index contributed by atoms with van der Waals surface area (Å²) in [6, 6.07) is 15.2. The van der Waals surface area contributed by atoms with E-state index < -0.39 is 0 Å². The van der Waals surface area contributed by atoms with Gasteiger partial charge in [0.1, 0.15) is 29.1 Å². The standard InChI is InChI=1S/C28H31ClFN7O/c1-20-23(30)7-8-27(32-20)36-13-15-37(16-14-36)28(38)25-17-21(26(18-31)33(25)2)19-34-9-11-35(12-10-34)24-6-4-3-5-22(24)29/h3-8,17H,9-16,19H2,1-2H3. The smallest absolute Gasteiger partial charge is 0.270 e. The summed E-state index contributed by atoms with van der Waals surface area (Å²) < 4.78 is 15.3.